The van der Waals surface area contributed by atoms with Crippen LogP contribution in [0.4, 0.5) is 0 Å². The first kappa shape index (κ1) is 33.0. The molecule has 0 aromatic carbocycles. The lowest BCUT2D eigenvalue weighted by molar-refractivity contribution is 0.329. The lowest BCUT2D eigenvalue weighted by Crippen LogP contribution is -2.38. The Morgan fingerprint density at radius 2 is 0.515 bits per heavy atom. The molecule has 0 saturated carbocycles. The van der Waals surface area contributed by atoms with Crippen LogP contribution in [0.5, 0.6) is 0 Å². The minimum atomic E-state index is 0.776. The maximum Gasteiger partial charge on any atom is 0.00696 e. The standard InChI is InChI=1S/C32H67N/c1-5-9-13-17-21-25-29-31(27-23-19-15-11-7-3)33-32(28-24-20-16-12-8-4)30-26-22-18-14-10-6-2/h31-33H,5-30H2,1-4H3. The van der Waals surface area contributed by atoms with E-state index < -0.39 is 0 Å². The highest BCUT2D eigenvalue weighted by molar-refractivity contribution is 4.75. The fourth-order valence-corrected chi connectivity index (χ4v) is 5.29. The van der Waals surface area contributed by atoms with Crippen LogP contribution in [-0.4, -0.2) is 12.1 Å². The molecule has 0 aromatic heterocycles. The largest absolute Gasteiger partial charge is 0.311 e. The fraction of sp³-hybridized carbons (Fsp3) is 1.00. The van der Waals surface area contributed by atoms with Crippen LogP contribution in [0, 0.1) is 0 Å². The molecule has 2 atom stereocenters. The maximum atomic E-state index is 4.24. The number of rotatable bonds is 28. The molecule has 1 nitrogen and oxygen atoms in total. The second kappa shape index (κ2) is 28.2. The molecule has 200 valence electrons. The van der Waals surface area contributed by atoms with Crippen molar-refractivity contribution >= 4 is 0 Å². The lowest BCUT2D eigenvalue weighted by atomic mass is 9.96. The van der Waals surface area contributed by atoms with E-state index >= 15 is 0 Å². The highest BCUT2D eigenvalue weighted by atomic mass is 14.9. The topological polar surface area (TPSA) is 12.0 Å². The molecule has 0 rings (SSSR count). The fourth-order valence-electron chi connectivity index (χ4n) is 5.29. The van der Waals surface area contributed by atoms with Gasteiger partial charge < -0.3 is 5.32 Å². The summed E-state index contributed by atoms with van der Waals surface area (Å²) >= 11 is 0. The normalized spacial score (nSPS) is 13.5. The zero-order valence-corrected chi connectivity index (χ0v) is 24.0. The molecule has 0 aliphatic carbocycles. The van der Waals surface area contributed by atoms with Gasteiger partial charge in [0, 0.05) is 12.1 Å². The molecule has 1 N–H and O–H groups in total. The van der Waals surface area contributed by atoms with Crippen molar-refractivity contribution in [3.63, 3.8) is 0 Å². The third kappa shape index (κ3) is 24.9. The molecule has 0 fully saturated rings. The Labute approximate surface area is 212 Å². The van der Waals surface area contributed by atoms with Crippen molar-refractivity contribution in [1.29, 1.82) is 0 Å². The van der Waals surface area contributed by atoms with Crippen LogP contribution in [-0.2, 0) is 0 Å². The Bertz CT molecular complexity index is 307. The zero-order valence-electron chi connectivity index (χ0n) is 24.0. The summed E-state index contributed by atoms with van der Waals surface area (Å²) in [6.07, 6.45) is 37.1. The van der Waals surface area contributed by atoms with Crippen molar-refractivity contribution in [2.75, 3.05) is 0 Å². The second-order valence-electron chi connectivity index (χ2n) is 11.1. The Morgan fingerprint density at radius 1 is 0.303 bits per heavy atom. The van der Waals surface area contributed by atoms with Gasteiger partial charge >= 0.3 is 0 Å². The van der Waals surface area contributed by atoms with Crippen molar-refractivity contribution in [2.24, 2.45) is 0 Å². The molecule has 2 unspecified atom stereocenters. The first-order chi connectivity index (χ1) is 16.3. The highest BCUT2D eigenvalue weighted by Gasteiger charge is 2.15. The van der Waals surface area contributed by atoms with Crippen molar-refractivity contribution in [2.45, 2.75) is 207 Å². The van der Waals surface area contributed by atoms with Crippen molar-refractivity contribution < 1.29 is 0 Å². The van der Waals surface area contributed by atoms with Gasteiger partial charge in [0.1, 0.15) is 0 Å². The SMILES string of the molecule is CCCCCCCCC(CCCCCCC)NC(CCCCCCC)CCCCCCCC. The average molecular weight is 466 g/mol. The van der Waals surface area contributed by atoms with E-state index in [0.29, 0.717) is 0 Å². The molecule has 0 saturated heterocycles. The first-order valence-corrected chi connectivity index (χ1v) is 16.0. The number of unbranched alkanes of at least 4 members (excludes halogenated alkanes) is 18. The first-order valence-electron chi connectivity index (χ1n) is 16.0. The van der Waals surface area contributed by atoms with Crippen molar-refractivity contribution in [1.82, 2.24) is 5.32 Å². The van der Waals surface area contributed by atoms with E-state index in [1.165, 1.54) is 167 Å². The highest BCUT2D eigenvalue weighted by Crippen LogP contribution is 2.19. The van der Waals surface area contributed by atoms with Crippen LogP contribution < -0.4 is 5.32 Å². The minimum Gasteiger partial charge on any atom is -0.311 e. The summed E-state index contributed by atoms with van der Waals surface area (Å²) in [5.41, 5.74) is 0. The molecule has 1 heteroatoms. The van der Waals surface area contributed by atoms with Crippen LogP contribution in [0.25, 0.3) is 0 Å². The zero-order chi connectivity index (χ0) is 24.2. The van der Waals surface area contributed by atoms with Crippen LogP contribution in [0.15, 0.2) is 0 Å². The third-order valence-electron chi connectivity index (χ3n) is 7.60. The smallest absolute Gasteiger partial charge is 0.00696 e. The molecule has 0 heterocycles. The van der Waals surface area contributed by atoms with Crippen molar-refractivity contribution in [3.05, 3.63) is 0 Å². The van der Waals surface area contributed by atoms with Gasteiger partial charge in [0.2, 0.25) is 0 Å². The summed E-state index contributed by atoms with van der Waals surface area (Å²) in [5.74, 6) is 0. The number of nitrogens with one attached hydrogen (secondary N) is 1. The Morgan fingerprint density at radius 3 is 0.758 bits per heavy atom. The van der Waals surface area contributed by atoms with Gasteiger partial charge in [-0.25, -0.2) is 0 Å². The van der Waals surface area contributed by atoms with Crippen LogP contribution in [0.1, 0.15) is 195 Å². The van der Waals surface area contributed by atoms with E-state index in [0.717, 1.165) is 12.1 Å². The Hall–Kier alpha value is -0.0400. The minimum absolute atomic E-state index is 0.776. The lowest BCUT2D eigenvalue weighted by Gasteiger charge is -2.27. The molecule has 0 aliphatic rings. The predicted molar refractivity (Wildman–Crippen MR) is 153 cm³/mol. The van der Waals surface area contributed by atoms with Crippen LogP contribution in [0.2, 0.25) is 0 Å². The molecular weight excluding hydrogens is 398 g/mol. The molecule has 0 bridgehead atoms. The maximum absolute atomic E-state index is 4.24. The van der Waals surface area contributed by atoms with Gasteiger partial charge in [-0.05, 0) is 25.7 Å². The van der Waals surface area contributed by atoms with Gasteiger partial charge in [-0.3, -0.25) is 0 Å². The van der Waals surface area contributed by atoms with Crippen LogP contribution in [0.3, 0.4) is 0 Å². The Balaban J connectivity index is 4.54. The van der Waals surface area contributed by atoms with Gasteiger partial charge in [-0.15, -0.1) is 0 Å². The average Bonchev–Trinajstić information content (AvgIpc) is 2.82. The predicted octanol–water partition coefficient (Wildman–Crippen LogP) is 11.5. The summed E-state index contributed by atoms with van der Waals surface area (Å²) < 4.78 is 0. The summed E-state index contributed by atoms with van der Waals surface area (Å²) in [6.45, 7) is 9.31. The number of hydrogen-bond donors (Lipinski definition) is 1. The summed E-state index contributed by atoms with van der Waals surface area (Å²) in [5, 5.41) is 4.24. The van der Waals surface area contributed by atoms with E-state index in [4.69, 9.17) is 0 Å². The van der Waals surface area contributed by atoms with Gasteiger partial charge in [0.25, 0.3) is 0 Å². The monoisotopic (exact) mass is 466 g/mol. The molecule has 0 radical (unpaired) electrons. The quantitative estimate of drug-likeness (QED) is 0.113. The van der Waals surface area contributed by atoms with Gasteiger partial charge in [-0.2, -0.15) is 0 Å². The number of hydrogen-bond acceptors (Lipinski definition) is 1. The molecule has 0 amide bonds. The van der Waals surface area contributed by atoms with E-state index in [2.05, 4.69) is 33.0 Å². The Kier molecular flexibility index (Phi) is 28.2. The third-order valence-corrected chi connectivity index (χ3v) is 7.60. The molecule has 0 aromatic rings. The second-order valence-corrected chi connectivity index (χ2v) is 11.1. The van der Waals surface area contributed by atoms with Crippen molar-refractivity contribution in [3.8, 4) is 0 Å². The molecule has 33 heavy (non-hydrogen) atoms. The van der Waals surface area contributed by atoms with E-state index in [1.807, 2.05) is 0 Å². The van der Waals surface area contributed by atoms with Gasteiger partial charge in [0.05, 0.1) is 0 Å². The molecule has 0 aliphatic heterocycles. The summed E-state index contributed by atoms with van der Waals surface area (Å²) in [7, 11) is 0. The van der Waals surface area contributed by atoms with E-state index in [-0.39, 0.29) is 0 Å². The van der Waals surface area contributed by atoms with Crippen LogP contribution >= 0.6 is 0 Å². The van der Waals surface area contributed by atoms with E-state index in [1.54, 1.807) is 0 Å². The summed E-state index contributed by atoms with van der Waals surface area (Å²) in [6, 6.07) is 1.55. The molecule has 0 spiro atoms. The summed E-state index contributed by atoms with van der Waals surface area (Å²) in [4.78, 5) is 0. The van der Waals surface area contributed by atoms with E-state index in [9.17, 15) is 0 Å². The van der Waals surface area contributed by atoms with Gasteiger partial charge in [0.15, 0.2) is 0 Å². The molecular formula is C32H67N. The van der Waals surface area contributed by atoms with Gasteiger partial charge in [-0.1, -0.05) is 169 Å².